The van der Waals surface area contributed by atoms with Gasteiger partial charge in [-0.1, -0.05) is 0 Å². The monoisotopic (exact) mass is 235 g/mol. The van der Waals surface area contributed by atoms with E-state index in [2.05, 4.69) is 5.32 Å². The number of hydrogen-bond donors (Lipinski definition) is 3. The Morgan fingerprint density at radius 2 is 1.88 bits per heavy atom. The molecule has 0 aliphatic carbocycles. The summed E-state index contributed by atoms with van der Waals surface area (Å²) in [7, 11) is 1.71. The van der Waals surface area contributed by atoms with E-state index in [1.165, 1.54) is 0 Å². The Kier molecular flexibility index (Phi) is 10.6. The number of methoxy groups -OCH3 is 1. The van der Waals surface area contributed by atoms with Crippen molar-refractivity contribution in [3.8, 4) is 0 Å². The van der Waals surface area contributed by atoms with Crippen LogP contribution in [0.1, 0.15) is 34.1 Å². The number of amides is 1. The van der Waals surface area contributed by atoms with Crippen molar-refractivity contribution in [2.45, 2.75) is 51.9 Å². The first-order chi connectivity index (χ1) is 7.26. The van der Waals surface area contributed by atoms with E-state index in [0.717, 1.165) is 0 Å². The fourth-order valence-corrected chi connectivity index (χ4v) is 0.703. The Hall–Kier alpha value is -0.650. The van der Waals surface area contributed by atoms with Crippen molar-refractivity contribution in [1.82, 2.24) is 5.32 Å². The van der Waals surface area contributed by atoms with E-state index < -0.39 is 6.10 Å². The molecule has 0 saturated carbocycles. The van der Waals surface area contributed by atoms with Crippen LogP contribution in [-0.4, -0.2) is 48.1 Å². The van der Waals surface area contributed by atoms with Crippen LogP contribution in [0.4, 0.5) is 0 Å². The van der Waals surface area contributed by atoms with Crippen LogP contribution in [0.15, 0.2) is 0 Å². The molecular weight excluding hydrogens is 210 g/mol. The van der Waals surface area contributed by atoms with E-state index in [0.29, 0.717) is 12.8 Å². The highest BCUT2D eigenvalue weighted by molar-refractivity contribution is 5.46. The van der Waals surface area contributed by atoms with E-state index in [-0.39, 0.29) is 18.2 Å². The van der Waals surface area contributed by atoms with Crippen molar-refractivity contribution in [2.75, 3.05) is 13.7 Å². The number of nitrogens with one attached hydrogen (secondary N) is 1. The SMILES string of the molecule is CC(O)CC(CO)NC=O.COC(C)(C)C. The maximum Gasteiger partial charge on any atom is 0.207 e. The van der Waals surface area contributed by atoms with Gasteiger partial charge in [-0.25, -0.2) is 0 Å². The zero-order valence-corrected chi connectivity index (χ0v) is 10.9. The standard InChI is InChI=1S/C6H13NO3.C5H12O/c1-5(10)2-6(3-8)7-4-9;1-5(2,3)6-4/h4-6,8,10H,2-3H2,1H3,(H,7,9);1-4H3. The number of carbonyl (C=O) groups is 1. The van der Waals surface area contributed by atoms with Crippen LogP contribution in [0.25, 0.3) is 0 Å². The summed E-state index contributed by atoms with van der Waals surface area (Å²) in [5, 5.41) is 19.8. The summed E-state index contributed by atoms with van der Waals surface area (Å²) >= 11 is 0. The molecule has 16 heavy (non-hydrogen) atoms. The Morgan fingerprint density at radius 3 is 2.06 bits per heavy atom. The zero-order valence-electron chi connectivity index (χ0n) is 10.9. The van der Waals surface area contributed by atoms with Crippen molar-refractivity contribution in [3.63, 3.8) is 0 Å². The van der Waals surface area contributed by atoms with Crippen molar-refractivity contribution < 1.29 is 19.7 Å². The summed E-state index contributed by atoms with van der Waals surface area (Å²) in [4.78, 5) is 9.85. The molecule has 0 heterocycles. The lowest BCUT2D eigenvalue weighted by Crippen LogP contribution is -2.34. The quantitative estimate of drug-likeness (QED) is 0.599. The van der Waals surface area contributed by atoms with Gasteiger partial charge in [-0.2, -0.15) is 0 Å². The van der Waals surface area contributed by atoms with E-state index >= 15 is 0 Å². The highest BCUT2D eigenvalue weighted by Crippen LogP contribution is 2.02. The fourth-order valence-electron chi connectivity index (χ4n) is 0.703. The van der Waals surface area contributed by atoms with E-state index in [9.17, 15) is 4.79 Å². The highest BCUT2D eigenvalue weighted by Gasteiger charge is 2.07. The van der Waals surface area contributed by atoms with Gasteiger partial charge in [0.2, 0.25) is 6.41 Å². The number of aliphatic hydroxyl groups is 2. The first-order valence-corrected chi connectivity index (χ1v) is 5.30. The molecule has 0 aliphatic heterocycles. The van der Waals surface area contributed by atoms with Crippen LogP contribution in [0.3, 0.4) is 0 Å². The maximum atomic E-state index is 9.85. The third-order valence-electron chi connectivity index (χ3n) is 1.76. The average Bonchev–Trinajstić information content (AvgIpc) is 2.16. The van der Waals surface area contributed by atoms with Crippen LogP contribution in [-0.2, 0) is 9.53 Å². The summed E-state index contributed by atoms with van der Waals surface area (Å²) in [6.45, 7) is 7.53. The topological polar surface area (TPSA) is 78.8 Å². The number of aliphatic hydroxyl groups excluding tert-OH is 2. The van der Waals surface area contributed by atoms with Gasteiger partial charge in [0.05, 0.1) is 24.4 Å². The first-order valence-electron chi connectivity index (χ1n) is 5.30. The third kappa shape index (κ3) is 15.8. The molecule has 0 aromatic heterocycles. The summed E-state index contributed by atoms with van der Waals surface area (Å²) in [5.41, 5.74) is 0.0417. The average molecular weight is 235 g/mol. The molecule has 0 rings (SSSR count). The molecule has 0 aliphatic rings. The van der Waals surface area contributed by atoms with Gasteiger partial charge in [0.1, 0.15) is 0 Å². The molecule has 0 saturated heterocycles. The second-order valence-corrected chi connectivity index (χ2v) is 4.57. The van der Waals surface area contributed by atoms with Crippen molar-refractivity contribution in [2.24, 2.45) is 0 Å². The van der Waals surface area contributed by atoms with Gasteiger partial charge in [0.25, 0.3) is 0 Å². The van der Waals surface area contributed by atoms with Gasteiger partial charge < -0.3 is 20.3 Å². The number of ether oxygens (including phenoxy) is 1. The van der Waals surface area contributed by atoms with Gasteiger partial charge in [-0.15, -0.1) is 0 Å². The largest absolute Gasteiger partial charge is 0.394 e. The van der Waals surface area contributed by atoms with Crippen LogP contribution < -0.4 is 5.32 Å². The molecule has 0 spiro atoms. The molecule has 0 bridgehead atoms. The minimum Gasteiger partial charge on any atom is -0.394 e. The molecule has 3 N–H and O–H groups in total. The number of hydrogen-bond acceptors (Lipinski definition) is 4. The predicted octanol–water partition coefficient (Wildman–Crippen LogP) is 0.295. The van der Waals surface area contributed by atoms with Crippen molar-refractivity contribution in [1.29, 1.82) is 0 Å². The number of rotatable bonds is 5. The van der Waals surface area contributed by atoms with Crippen LogP contribution in [0, 0.1) is 0 Å². The van der Waals surface area contributed by atoms with Crippen LogP contribution in [0.2, 0.25) is 0 Å². The summed E-state index contributed by atoms with van der Waals surface area (Å²) in [6, 6.07) is -0.322. The molecule has 0 aromatic carbocycles. The van der Waals surface area contributed by atoms with Gasteiger partial charge in [-0.05, 0) is 34.1 Å². The first kappa shape index (κ1) is 17.7. The lowest BCUT2D eigenvalue weighted by molar-refractivity contribution is -0.110. The molecule has 5 nitrogen and oxygen atoms in total. The van der Waals surface area contributed by atoms with Gasteiger partial charge in [0, 0.05) is 7.11 Å². The fraction of sp³-hybridized carbons (Fsp3) is 0.909. The molecule has 2 atom stereocenters. The number of carbonyl (C=O) groups excluding carboxylic acids is 1. The molecule has 0 radical (unpaired) electrons. The van der Waals surface area contributed by atoms with E-state index in [4.69, 9.17) is 14.9 Å². The Bertz CT molecular complexity index is 166. The van der Waals surface area contributed by atoms with Gasteiger partial charge in [-0.3, -0.25) is 4.79 Å². The molecule has 0 fully saturated rings. The Labute approximate surface area is 97.8 Å². The molecule has 5 heteroatoms. The summed E-state index contributed by atoms with van der Waals surface area (Å²) in [5.74, 6) is 0. The predicted molar refractivity (Wildman–Crippen MR) is 63.1 cm³/mol. The molecular formula is C11H25NO4. The summed E-state index contributed by atoms with van der Waals surface area (Å²) in [6.07, 6.45) is 0.406. The van der Waals surface area contributed by atoms with Crippen LogP contribution in [0.5, 0.6) is 0 Å². The zero-order chi connectivity index (χ0) is 13.2. The Balaban J connectivity index is 0. The normalized spacial score (nSPS) is 14.4. The highest BCUT2D eigenvalue weighted by atomic mass is 16.5. The second-order valence-electron chi connectivity index (χ2n) is 4.57. The molecule has 1 amide bonds. The lowest BCUT2D eigenvalue weighted by atomic mass is 10.1. The van der Waals surface area contributed by atoms with Crippen LogP contribution >= 0.6 is 0 Å². The van der Waals surface area contributed by atoms with E-state index in [1.807, 2.05) is 20.8 Å². The molecule has 0 aromatic rings. The lowest BCUT2D eigenvalue weighted by Gasteiger charge is -2.14. The van der Waals surface area contributed by atoms with Crippen molar-refractivity contribution >= 4 is 6.41 Å². The van der Waals surface area contributed by atoms with E-state index in [1.54, 1.807) is 14.0 Å². The van der Waals surface area contributed by atoms with Crippen molar-refractivity contribution in [3.05, 3.63) is 0 Å². The maximum absolute atomic E-state index is 9.85. The Morgan fingerprint density at radius 1 is 1.44 bits per heavy atom. The summed E-state index contributed by atoms with van der Waals surface area (Å²) < 4.78 is 4.94. The molecule has 98 valence electrons. The smallest absolute Gasteiger partial charge is 0.207 e. The molecule has 2 unspecified atom stereocenters. The third-order valence-corrected chi connectivity index (χ3v) is 1.76. The van der Waals surface area contributed by atoms with Gasteiger partial charge >= 0.3 is 0 Å². The second kappa shape index (κ2) is 9.57. The minimum absolute atomic E-state index is 0.0417. The minimum atomic E-state index is -0.496. The van der Waals surface area contributed by atoms with Gasteiger partial charge in [0.15, 0.2) is 0 Å².